The second kappa shape index (κ2) is 5.01. The first-order valence-electron chi connectivity index (χ1n) is 5.84. The van der Waals surface area contributed by atoms with Gasteiger partial charge in [-0.1, -0.05) is 18.2 Å². The number of hydrogen-bond acceptors (Lipinski definition) is 4. The Morgan fingerprint density at radius 3 is 2.79 bits per heavy atom. The normalized spacial score (nSPS) is 12.7. The zero-order valence-corrected chi connectivity index (χ0v) is 10.8. The number of hydrazine groups is 1. The van der Waals surface area contributed by atoms with E-state index in [1.807, 2.05) is 30.3 Å². The van der Waals surface area contributed by atoms with Crippen molar-refractivity contribution in [3.05, 3.63) is 65.2 Å². The minimum Gasteiger partial charge on any atom is -0.448 e. The zero-order valence-electron chi connectivity index (χ0n) is 10.0. The molecule has 1 aromatic carbocycles. The summed E-state index contributed by atoms with van der Waals surface area (Å²) in [5.74, 6) is 6.27. The number of nitrogens with one attached hydrogen (secondary N) is 1. The lowest BCUT2D eigenvalue weighted by Crippen LogP contribution is -2.28. The average molecular weight is 274 g/mol. The summed E-state index contributed by atoms with van der Waals surface area (Å²) < 4.78 is 5.40. The van der Waals surface area contributed by atoms with Crippen LogP contribution in [-0.4, -0.2) is 4.98 Å². The van der Waals surface area contributed by atoms with Crippen molar-refractivity contribution in [3.63, 3.8) is 0 Å². The van der Waals surface area contributed by atoms with E-state index in [0.717, 1.165) is 16.5 Å². The van der Waals surface area contributed by atoms with Crippen LogP contribution in [0.25, 0.3) is 10.9 Å². The van der Waals surface area contributed by atoms with E-state index in [1.54, 1.807) is 18.3 Å². The molecule has 0 fully saturated rings. The highest BCUT2D eigenvalue weighted by Gasteiger charge is 2.17. The van der Waals surface area contributed by atoms with Gasteiger partial charge in [0, 0.05) is 11.6 Å². The maximum Gasteiger partial charge on any atom is 0.193 e. The fourth-order valence-electron chi connectivity index (χ4n) is 2.07. The molecule has 5 heteroatoms. The molecule has 0 aliphatic heterocycles. The van der Waals surface area contributed by atoms with Gasteiger partial charge in [0.2, 0.25) is 0 Å². The third kappa shape index (κ3) is 2.33. The minimum absolute atomic E-state index is 0.274. The van der Waals surface area contributed by atoms with E-state index in [9.17, 15) is 0 Å². The Labute approximate surface area is 115 Å². The molecule has 2 heterocycles. The summed E-state index contributed by atoms with van der Waals surface area (Å²) in [6.45, 7) is 0. The maximum atomic E-state index is 5.79. The molecule has 1 atom stereocenters. The lowest BCUT2D eigenvalue weighted by Gasteiger charge is -2.13. The molecule has 0 bridgehead atoms. The Morgan fingerprint density at radius 2 is 2.05 bits per heavy atom. The standard InChI is InChI=1S/C14H12ClN3O/c15-13-6-5-12(19-13)14(18-16)10-7-9-3-1-2-4-11(9)17-8-10/h1-8,14,18H,16H2. The van der Waals surface area contributed by atoms with Gasteiger partial charge in [-0.05, 0) is 41.4 Å². The van der Waals surface area contributed by atoms with Gasteiger partial charge < -0.3 is 4.42 Å². The van der Waals surface area contributed by atoms with E-state index < -0.39 is 0 Å². The number of hydrogen-bond donors (Lipinski definition) is 2. The molecule has 0 saturated heterocycles. The fourth-order valence-corrected chi connectivity index (χ4v) is 2.22. The summed E-state index contributed by atoms with van der Waals surface area (Å²) in [5, 5.41) is 1.39. The highest BCUT2D eigenvalue weighted by molar-refractivity contribution is 6.28. The van der Waals surface area contributed by atoms with E-state index in [4.69, 9.17) is 21.9 Å². The molecular formula is C14H12ClN3O. The molecule has 0 aliphatic rings. The predicted octanol–water partition coefficient (Wildman–Crippen LogP) is 3.03. The quantitative estimate of drug-likeness (QED) is 0.569. The first-order valence-corrected chi connectivity index (χ1v) is 6.22. The van der Waals surface area contributed by atoms with Crippen LogP contribution in [0.5, 0.6) is 0 Å². The predicted molar refractivity (Wildman–Crippen MR) is 74.6 cm³/mol. The molecule has 0 aliphatic carbocycles. The van der Waals surface area contributed by atoms with Crippen LogP contribution >= 0.6 is 11.6 Å². The Kier molecular flexibility index (Phi) is 3.21. The van der Waals surface area contributed by atoms with E-state index in [2.05, 4.69) is 10.4 Å². The molecule has 1 unspecified atom stereocenters. The van der Waals surface area contributed by atoms with Crippen molar-refractivity contribution >= 4 is 22.5 Å². The number of fused-ring (bicyclic) bond motifs is 1. The Morgan fingerprint density at radius 1 is 1.21 bits per heavy atom. The number of pyridine rings is 1. The van der Waals surface area contributed by atoms with E-state index >= 15 is 0 Å². The maximum absolute atomic E-state index is 5.79. The van der Waals surface area contributed by atoms with Gasteiger partial charge in [-0.25, -0.2) is 5.43 Å². The summed E-state index contributed by atoms with van der Waals surface area (Å²) in [6, 6.07) is 13.1. The largest absolute Gasteiger partial charge is 0.448 e. The monoisotopic (exact) mass is 273 g/mol. The second-order valence-corrected chi connectivity index (χ2v) is 4.58. The van der Waals surface area contributed by atoms with Crippen LogP contribution in [0.2, 0.25) is 5.22 Å². The van der Waals surface area contributed by atoms with Crippen LogP contribution in [0, 0.1) is 0 Å². The molecular weight excluding hydrogens is 262 g/mol. The number of rotatable bonds is 3. The smallest absolute Gasteiger partial charge is 0.193 e. The Bertz CT molecular complexity index is 710. The Balaban J connectivity index is 2.06. The van der Waals surface area contributed by atoms with Crippen molar-refractivity contribution in [3.8, 4) is 0 Å². The van der Waals surface area contributed by atoms with Gasteiger partial charge in [0.1, 0.15) is 11.8 Å². The second-order valence-electron chi connectivity index (χ2n) is 4.20. The van der Waals surface area contributed by atoms with E-state index in [1.165, 1.54) is 0 Å². The molecule has 0 saturated carbocycles. The van der Waals surface area contributed by atoms with Crippen molar-refractivity contribution in [1.29, 1.82) is 0 Å². The minimum atomic E-state index is -0.274. The van der Waals surface area contributed by atoms with Crippen LogP contribution in [0.3, 0.4) is 0 Å². The topological polar surface area (TPSA) is 64.1 Å². The van der Waals surface area contributed by atoms with Gasteiger partial charge in [0.25, 0.3) is 0 Å². The molecule has 3 aromatic rings. The number of para-hydroxylation sites is 1. The van der Waals surface area contributed by atoms with E-state index in [-0.39, 0.29) is 6.04 Å². The summed E-state index contributed by atoms with van der Waals surface area (Å²) >= 11 is 5.79. The van der Waals surface area contributed by atoms with Crippen LogP contribution < -0.4 is 11.3 Å². The third-order valence-electron chi connectivity index (χ3n) is 2.99. The molecule has 0 radical (unpaired) electrons. The summed E-state index contributed by atoms with van der Waals surface area (Å²) in [4.78, 5) is 4.41. The Hall–Kier alpha value is -1.88. The van der Waals surface area contributed by atoms with Crippen molar-refractivity contribution < 1.29 is 4.42 Å². The number of nitrogens with two attached hydrogens (primary N) is 1. The van der Waals surface area contributed by atoms with Gasteiger partial charge in [-0.2, -0.15) is 0 Å². The zero-order chi connectivity index (χ0) is 13.2. The van der Waals surface area contributed by atoms with Crippen LogP contribution in [0.15, 0.2) is 53.1 Å². The lowest BCUT2D eigenvalue weighted by atomic mass is 10.1. The molecule has 3 N–H and O–H groups in total. The van der Waals surface area contributed by atoms with Crippen LogP contribution in [-0.2, 0) is 0 Å². The van der Waals surface area contributed by atoms with Gasteiger partial charge in [0.15, 0.2) is 5.22 Å². The molecule has 0 amide bonds. The first-order chi connectivity index (χ1) is 9.28. The number of nitrogens with zero attached hydrogens (tertiary/aromatic N) is 1. The highest BCUT2D eigenvalue weighted by Crippen LogP contribution is 2.26. The average Bonchev–Trinajstić information content (AvgIpc) is 2.86. The number of halogens is 1. The first kappa shape index (κ1) is 12.2. The SMILES string of the molecule is NNC(c1cnc2ccccc2c1)c1ccc(Cl)o1. The number of aromatic nitrogens is 1. The highest BCUT2D eigenvalue weighted by atomic mass is 35.5. The molecule has 96 valence electrons. The van der Waals surface area contributed by atoms with Crippen molar-refractivity contribution in [2.45, 2.75) is 6.04 Å². The molecule has 4 nitrogen and oxygen atoms in total. The fraction of sp³-hybridized carbons (Fsp3) is 0.0714. The van der Waals surface area contributed by atoms with E-state index in [0.29, 0.717) is 11.0 Å². The van der Waals surface area contributed by atoms with Gasteiger partial charge in [-0.15, -0.1) is 0 Å². The molecule has 19 heavy (non-hydrogen) atoms. The number of furan rings is 1. The summed E-state index contributed by atoms with van der Waals surface area (Å²) in [7, 11) is 0. The molecule has 0 spiro atoms. The van der Waals surface area contributed by atoms with Gasteiger partial charge >= 0.3 is 0 Å². The van der Waals surface area contributed by atoms with Crippen molar-refractivity contribution in [2.75, 3.05) is 0 Å². The molecule has 3 rings (SSSR count). The summed E-state index contributed by atoms with van der Waals surface area (Å²) in [6.07, 6.45) is 1.78. The van der Waals surface area contributed by atoms with Gasteiger partial charge in [-0.3, -0.25) is 10.8 Å². The van der Waals surface area contributed by atoms with Crippen molar-refractivity contribution in [2.24, 2.45) is 5.84 Å². The van der Waals surface area contributed by atoms with Gasteiger partial charge in [0.05, 0.1) is 5.52 Å². The van der Waals surface area contributed by atoms with Crippen LogP contribution in [0.1, 0.15) is 17.4 Å². The third-order valence-corrected chi connectivity index (χ3v) is 3.19. The lowest BCUT2D eigenvalue weighted by molar-refractivity contribution is 0.453. The van der Waals surface area contributed by atoms with Crippen LogP contribution in [0.4, 0.5) is 0 Å². The molecule has 2 aromatic heterocycles. The number of benzene rings is 1. The summed E-state index contributed by atoms with van der Waals surface area (Å²) in [5.41, 5.74) is 4.59. The van der Waals surface area contributed by atoms with Crippen molar-refractivity contribution in [1.82, 2.24) is 10.4 Å².